The van der Waals surface area contributed by atoms with Crippen LogP contribution in [0.3, 0.4) is 0 Å². The van der Waals surface area contributed by atoms with Crippen molar-refractivity contribution in [3.05, 3.63) is 53.1 Å². The minimum absolute atomic E-state index is 0.129. The van der Waals surface area contributed by atoms with Gasteiger partial charge in [0.2, 0.25) is 13.2 Å². The highest BCUT2D eigenvalue weighted by Crippen LogP contribution is 2.44. The molecule has 0 spiro atoms. The van der Waals surface area contributed by atoms with E-state index in [0.29, 0.717) is 36.0 Å². The molecular weight excluding hydrogens is 346 g/mol. The van der Waals surface area contributed by atoms with Gasteiger partial charge in [0.05, 0.1) is 26.8 Å². The van der Waals surface area contributed by atoms with Crippen LogP contribution in [0, 0.1) is 0 Å². The number of benzene rings is 2. The molecule has 0 aliphatic carbocycles. The zero-order valence-corrected chi connectivity index (χ0v) is 15.4. The highest BCUT2D eigenvalue weighted by atomic mass is 16.7. The summed E-state index contributed by atoms with van der Waals surface area (Å²) in [6.45, 7) is 4.56. The first kappa shape index (κ1) is 17.3. The molecule has 2 heterocycles. The summed E-state index contributed by atoms with van der Waals surface area (Å²) >= 11 is 0. The smallest absolute Gasteiger partial charge is 0.231 e. The molecule has 0 fully saturated rings. The number of methoxy groups -OCH3 is 2. The van der Waals surface area contributed by atoms with Gasteiger partial charge in [-0.15, -0.1) is 0 Å². The first-order chi connectivity index (χ1) is 13.2. The van der Waals surface area contributed by atoms with Gasteiger partial charge in [-0.25, -0.2) is 0 Å². The van der Waals surface area contributed by atoms with Crippen LogP contribution in [0.25, 0.3) is 6.08 Å². The van der Waals surface area contributed by atoms with Crippen molar-refractivity contribution in [3.8, 4) is 23.0 Å². The molecule has 4 rings (SSSR count). The van der Waals surface area contributed by atoms with Crippen LogP contribution in [0.5, 0.6) is 23.0 Å². The Morgan fingerprint density at radius 1 is 1.19 bits per heavy atom. The number of amides is 1. The molecule has 2 aromatic rings. The number of hydrogen-bond acceptors (Lipinski definition) is 5. The quantitative estimate of drug-likeness (QED) is 0.759. The van der Waals surface area contributed by atoms with E-state index in [9.17, 15) is 4.79 Å². The van der Waals surface area contributed by atoms with Crippen molar-refractivity contribution in [2.75, 3.05) is 21.0 Å². The molecule has 140 valence electrons. The van der Waals surface area contributed by atoms with Crippen LogP contribution in [0.1, 0.15) is 28.3 Å². The van der Waals surface area contributed by atoms with Crippen LogP contribution in [0.2, 0.25) is 0 Å². The zero-order chi connectivity index (χ0) is 19.0. The van der Waals surface area contributed by atoms with Gasteiger partial charge < -0.3 is 23.8 Å². The van der Waals surface area contributed by atoms with E-state index >= 15 is 0 Å². The number of carbonyl (C=O) groups excluding carboxylic acids is 1. The van der Waals surface area contributed by atoms with Gasteiger partial charge in [-0.05, 0) is 41.3 Å². The van der Waals surface area contributed by atoms with Gasteiger partial charge in [-0.3, -0.25) is 4.79 Å². The van der Waals surface area contributed by atoms with Crippen LogP contribution >= 0.6 is 0 Å². The maximum absolute atomic E-state index is 11.9. The predicted molar refractivity (Wildman–Crippen MR) is 100 cm³/mol. The highest BCUT2D eigenvalue weighted by Gasteiger charge is 2.32. The van der Waals surface area contributed by atoms with Crippen LogP contribution in [-0.2, 0) is 17.8 Å². The van der Waals surface area contributed by atoms with Gasteiger partial charge in [0.25, 0.3) is 0 Å². The molecule has 0 radical (unpaired) electrons. The average Bonchev–Trinajstić information content (AvgIpc) is 3.18. The fraction of sp³-hybridized carbons (Fsp3) is 0.286. The third kappa shape index (κ3) is 2.77. The van der Waals surface area contributed by atoms with Crippen LogP contribution in [0.4, 0.5) is 0 Å². The lowest BCUT2D eigenvalue weighted by molar-refractivity contribution is -0.121. The van der Waals surface area contributed by atoms with E-state index in [1.807, 2.05) is 24.3 Å². The molecular formula is C21H21NO5. The second-order valence-electron chi connectivity index (χ2n) is 6.47. The predicted octanol–water partition coefficient (Wildman–Crippen LogP) is 3.33. The Labute approximate surface area is 157 Å². The Kier molecular flexibility index (Phi) is 4.39. The summed E-state index contributed by atoms with van der Waals surface area (Å²) in [5.74, 6) is 2.74. The number of nitrogens with zero attached hydrogens (tertiary/aromatic N) is 1. The molecule has 1 atom stereocenters. The Balaban J connectivity index is 1.80. The van der Waals surface area contributed by atoms with Gasteiger partial charge in [-0.2, -0.15) is 0 Å². The Morgan fingerprint density at radius 2 is 1.96 bits per heavy atom. The minimum atomic E-state index is -0.129. The van der Waals surface area contributed by atoms with Gasteiger partial charge in [-0.1, -0.05) is 18.7 Å². The number of rotatable bonds is 5. The second kappa shape index (κ2) is 6.87. The first-order valence-electron chi connectivity index (χ1n) is 8.70. The lowest BCUT2D eigenvalue weighted by atomic mass is 9.87. The van der Waals surface area contributed by atoms with Crippen molar-refractivity contribution in [2.24, 2.45) is 0 Å². The Hall–Kier alpha value is -3.15. The number of ether oxygens (including phenoxy) is 4. The standard InChI is InChI=1S/C21H21NO5/c1-4-13-8-19-20(27-12-26-19)9-15(13)17-7-14-5-6-18(24-2)21(25-3)16(14)10-22(17)11-23/h4-6,8-9,11,17H,1,7,10,12H2,2-3H3. The second-order valence-corrected chi connectivity index (χ2v) is 6.47. The number of fused-ring (bicyclic) bond motifs is 2. The molecule has 2 aliphatic heterocycles. The van der Waals surface area contributed by atoms with E-state index in [0.717, 1.165) is 28.7 Å². The largest absolute Gasteiger partial charge is 0.493 e. The van der Waals surface area contributed by atoms with Gasteiger partial charge in [0, 0.05) is 5.56 Å². The summed E-state index contributed by atoms with van der Waals surface area (Å²) in [6.07, 6.45) is 3.32. The van der Waals surface area contributed by atoms with Crippen LogP contribution in [0.15, 0.2) is 30.8 Å². The topological polar surface area (TPSA) is 57.2 Å². The fourth-order valence-electron chi connectivity index (χ4n) is 3.85. The van der Waals surface area contributed by atoms with E-state index in [-0.39, 0.29) is 12.8 Å². The van der Waals surface area contributed by atoms with Crippen molar-refractivity contribution >= 4 is 12.5 Å². The van der Waals surface area contributed by atoms with Gasteiger partial charge >= 0.3 is 0 Å². The SMILES string of the molecule is C=Cc1cc2c(cc1C1Cc3ccc(OC)c(OC)c3CN1C=O)OCO2. The van der Waals surface area contributed by atoms with E-state index in [2.05, 4.69) is 6.58 Å². The molecule has 0 saturated carbocycles. The summed E-state index contributed by atoms with van der Waals surface area (Å²) in [5, 5.41) is 0. The van der Waals surface area contributed by atoms with Crippen molar-refractivity contribution in [1.29, 1.82) is 0 Å². The molecule has 0 saturated heterocycles. The molecule has 6 nitrogen and oxygen atoms in total. The molecule has 0 N–H and O–H groups in total. The molecule has 1 amide bonds. The molecule has 1 unspecified atom stereocenters. The summed E-state index contributed by atoms with van der Waals surface area (Å²) in [7, 11) is 3.22. The van der Waals surface area contributed by atoms with E-state index < -0.39 is 0 Å². The third-order valence-electron chi connectivity index (χ3n) is 5.19. The fourth-order valence-corrected chi connectivity index (χ4v) is 3.85. The normalized spacial score (nSPS) is 17.3. The molecule has 27 heavy (non-hydrogen) atoms. The molecule has 6 heteroatoms. The lowest BCUT2D eigenvalue weighted by Crippen LogP contribution is -2.33. The van der Waals surface area contributed by atoms with Crippen molar-refractivity contribution < 1.29 is 23.7 Å². The lowest BCUT2D eigenvalue weighted by Gasteiger charge is -2.36. The number of hydrogen-bond donors (Lipinski definition) is 0. The summed E-state index contributed by atoms with van der Waals surface area (Å²) < 4.78 is 21.9. The Morgan fingerprint density at radius 3 is 2.63 bits per heavy atom. The van der Waals surface area contributed by atoms with Gasteiger partial charge in [0.15, 0.2) is 23.0 Å². The van der Waals surface area contributed by atoms with E-state index in [4.69, 9.17) is 18.9 Å². The molecule has 0 bridgehead atoms. The van der Waals surface area contributed by atoms with Crippen molar-refractivity contribution in [2.45, 2.75) is 19.0 Å². The monoisotopic (exact) mass is 367 g/mol. The van der Waals surface area contributed by atoms with Crippen LogP contribution < -0.4 is 18.9 Å². The third-order valence-corrected chi connectivity index (χ3v) is 5.19. The maximum atomic E-state index is 11.9. The van der Waals surface area contributed by atoms with Crippen molar-refractivity contribution in [1.82, 2.24) is 4.90 Å². The Bertz CT molecular complexity index is 908. The zero-order valence-electron chi connectivity index (χ0n) is 15.4. The first-order valence-corrected chi connectivity index (χ1v) is 8.70. The minimum Gasteiger partial charge on any atom is -0.493 e. The molecule has 2 aromatic carbocycles. The van der Waals surface area contributed by atoms with Gasteiger partial charge in [0.1, 0.15) is 0 Å². The van der Waals surface area contributed by atoms with E-state index in [1.54, 1.807) is 25.2 Å². The summed E-state index contributed by atoms with van der Waals surface area (Å²) in [5.41, 5.74) is 4.02. The average molecular weight is 367 g/mol. The summed E-state index contributed by atoms with van der Waals surface area (Å²) in [6, 6.07) is 7.67. The van der Waals surface area contributed by atoms with Crippen molar-refractivity contribution in [3.63, 3.8) is 0 Å². The van der Waals surface area contributed by atoms with Crippen LogP contribution in [-0.4, -0.2) is 32.3 Å². The summed E-state index contributed by atoms with van der Waals surface area (Å²) in [4.78, 5) is 13.7. The molecule has 0 aromatic heterocycles. The maximum Gasteiger partial charge on any atom is 0.231 e. The highest BCUT2D eigenvalue weighted by molar-refractivity contribution is 5.63. The number of carbonyl (C=O) groups is 1. The van der Waals surface area contributed by atoms with E-state index in [1.165, 1.54) is 0 Å². The molecule has 2 aliphatic rings.